The Morgan fingerprint density at radius 2 is 1.89 bits per heavy atom. The van der Waals surface area contributed by atoms with Crippen molar-refractivity contribution in [2.45, 2.75) is 44.3 Å². The van der Waals surface area contributed by atoms with Crippen molar-refractivity contribution < 1.29 is 59.7 Å². The fourth-order valence-corrected chi connectivity index (χ4v) is 4.01. The van der Waals surface area contributed by atoms with Gasteiger partial charge in [0.25, 0.3) is 5.91 Å². The average Bonchev–Trinajstić information content (AvgIpc) is 3.04. The molecule has 1 saturated heterocycles. The number of ether oxygens (including phenoxy) is 2. The van der Waals surface area contributed by atoms with Crippen LogP contribution in [0.5, 0.6) is 5.75 Å². The van der Waals surface area contributed by atoms with E-state index in [1.165, 1.54) is 0 Å². The quantitative estimate of drug-likeness (QED) is 0.304. The van der Waals surface area contributed by atoms with Gasteiger partial charge in [-0.25, -0.2) is 4.39 Å². The molecule has 3 rings (SSSR count). The van der Waals surface area contributed by atoms with E-state index in [1.807, 2.05) is 0 Å². The van der Waals surface area contributed by atoms with Crippen molar-refractivity contribution in [3.63, 3.8) is 0 Å². The molecule has 4 N–H and O–H groups in total. The maximum Gasteiger partial charge on any atom is 0.417 e. The molecule has 1 aliphatic rings. The first-order valence-electron chi connectivity index (χ1n) is 10.1. The van der Waals surface area contributed by atoms with E-state index in [0.717, 1.165) is 31.3 Å². The highest BCUT2D eigenvalue weighted by Gasteiger charge is 2.66. The van der Waals surface area contributed by atoms with E-state index in [-0.39, 0.29) is 5.69 Å². The Morgan fingerprint density at radius 3 is 2.44 bits per heavy atom. The van der Waals surface area contributed by atoms with Crippen LogP contribution in [0.1, 0.15) is 35.8 Å². The Morgan fingerprint density at radius 1 is 1.25 bits per heavy atom. The molecule has 1 aliphatic heterocycles. The summed E-state index contributed by atoms with van der Waals surface area (Å²) in [6.45, 7) is -2.05. The highest BCUT2D eigenvalue weighted by atomic mass is 19.4. The summed E-state index contributed by atoms with van der Waals surface area (Å²) >= 11 is 0. The number of nitrogens with one attached hydrogen (secondary N) is 1. The lowest BCUT2D eigenvalue weighted by atomic mass is 9.77. The molecule has 0 saturated carbocycles. The number of hydrogen-bond acceptors (Lipinski definition) is 5. The number of pyridine rings is 1. The van der Waals surface area contributed by atoms with Crippen molar-refractivity contribution in [2.75, 3.05) is 5.32 Å². The summed E-state index contributed by atoms with van der Waals surface area (Å²) in [5.41, 5.74) is 0.713. The van der Waals surface area contributed by atoms with Crippen LogP contribution in [0.3, 0.4) is 0 Å². The van der Waals surface area contributed by atoms with E-state index in [0.29, 0.717) is 17.7 Å². The van der Waals surface area contributed by atoms with Gasteiger partial charge in [0.15, 0.2) is 17.2 Å². The highest BCUT2D eigenvalue weighted by Crippen LogP contribution is 2.55. The molecule has 8 nitrogen and oxygen atoms in total. The van der Waals surface area contributed by atoms with Crippen molar-refractivity contribution in [2.24, 2.45) is 11.7 Å². The number of halogens is 7. The minimum atomic E-state index is -5.07. The Bertz CT molecular complexity index is 1190. The number of anilines is 1. The number of carbonyl (C=O) groups excluding carboxylic acids is 2. The number of alkyl halides is 5. The third kappa shape index (κ3) is 4.74. The summed E-state index contributed by atoms with van der Waals surface area (Å²) in [5, 5.41) is 11.8. The Balaban J connectivity index is 2.11. The standard InChI is InChI=1S/C21H18F7N3O5/c1-8-13(10-3-4-11(22)14(23)15(10)35-19(24)25)16(36-20(8,2)21(26,27)28)18(33)30-9-5-6-31(34)12(7-9)17(29)32/h3-8,13,16,19,34H,1-2H3,(H2,29,32)/p+1/t8-,13+,16+,20+/m0/s1. The molecular weight excluding hydrogens is 507 g/mol. The minimum Gasteiger partial charge on any atom is -0.431 e. The molecule has 0 unspecified atom stereocenters. The second-order valence-electron chi connectivity index (χ2n) is 8.11. The molecule has 0 radical (unpaired) electrons. The number of benzene rings is 1. The van der Waals surface area contributed by atoms with Gasteiger partial charge in [0.05, 0.1) is 5.69 Å². The van der Waals surface area contributed by atoms with Crippen molar-refractivity contribution in [3.8, 4) is 5.75 Å². The lowest BCUT2D eigenvalue weighted by Crippen LogP contribution is -2.47. The van der Waals surface area contributed by atoms with E-state index in [2.05, 4.69) is 10.1 Å². The normalized spacial score (nSPS) is 24.1. The zero-order valence-corrected chi connectivity index (χ0v) is 18.4. The number of carbonyl (C=O) groups is 2. The molecule has 15 heteroatoms. The fraction of sp³-hybridized carbons (Fsp3) is 0.381. The molecule has 2 amide bonds. The third-order valence-electron chi connectivity index (χ3n) is 6.03. The van der Waals surface area contributed by atoms with Gasteiger partial charge in [-0.3, -0.25) is 14.8 Å². The molecule has 36 heavy (non-hydrogen) atoms. The van der Waals surface area contributed by atoms with Gasteiger partial charge in [-0.15, -0.1) is 0 Å². The lowest BCUT2D eigenvalue weighted by Gasteiger charge is -2.32. The number of nitrogens with two attached hydrogens (primary N) is 1. The molecule has 0 bridgehead atoms. The van der Waals surface area contributed by atoms with E-state index in [4.69, 9.17) is 10.5 Å². The van der Waals surface area contributed by atoms with Crippen LogP contribution in [-0.2, 0) is 9.53 Å². The summed E-state index contributed by atoms with van der Waals surface area (Å²) in [5.74, 6) is -10.7. The Kier molecular flexibility index (Phi) is 7.08. The van der Waals surface area contributed by atoms with E-state index >= 15 is 0 Å². The number of amides is 2. The number of nitrogens with zero attached hydrogens (tertiary/aromatic N) is 1. The summed E-state index contributed by atoms with van der Waals surface area (Å²) in [7, 11) is 0. The molecule has 2 aromatic rings. The van der Waals surface area contributed by atoms with Crippen LogP contribution in [-0.4, -0.2) is 41.5 Å². The van der Waals surface area contributed by atoms with Crippen LogP contribution >= 0.6 is 0 Å². The molecule has 1 fully saturated rings. The van der Waals surface area contributed by atoms with Crippen molar-refractivity contribution in [1.29, 1.82) is 0 Å². The first-order chi connectivity index (χ1) is 16.6. The fourth-order valence-electron chi connectivity index (χ4n) is 4.01. The van der Waals surface area contributed by atoms with Gasteiger partial charge >= 0.3 is 24.4 Å². The van der Waals surface area contributed by atoms with Gasteiger partial charge in [-0.2, -0.15) is 26.3 Å². The molecule has 1 aromatic carbocycles. The lowest BCUT2D eigenvalue weighted by molar-refractivity contribution is -0.905. The average molecular weight is 526 g/mol. The molecule has 2 heterocycles. The van der Waals surface area contributed by atoms with E-state index in [9.17, 15) is 45.5 Å². The summed E-state index contributed by atoms with van der Waals surface area (Å²) < 4.78 is 105. The first kappa shape index (κ1) is 27.0. The molecule has 196 valence electrons. The SMILES string of the molecule is C[C@H]1[C@H](c2ccc(F)c(F)c2OC(F)F)[C@H](C(=O)Nc2cc[n+](O)c(C(N)=O)c2)O[C@@]1(C)C(F)(F)F. The molecule has 1 aromatic heterocycles. The molecular formula is C21H19F7N3O5+. The highest BCUT2D eigenvalue weighted by molar-refractivity contribution is 5.97. The second-order valence-corrected chi connectivity index (χ2v) is 8.11. The third-order valence-corrected chi connectivity index (χ3v) is 6.03. The number of primary amides is 1. The smallest absolute Gasteiger partial charge is 0.417 e. The maximum absolute atomic E-state index is 14.4. The number of rotatable bonds is 6. The predicted molar refractivity (Wildman–Crippen MR) is 105 cm³/mol. The van der Waals surface area contributed by atoms with Gasteiger partial charge in [-0.05, 0) is 13.0 Å². The predicted octanol–water partition coefficient (Wildman–Crippen LogP) is 3.27. The van der Waals surface area contributed by atoms with Crippen molar-refractivity contribution >= 4 is 17.5 Å². The molecule has 4 atom stereocenters. The largest absolute Gasteiger partial charge is 0.431 e. The summed E-state index contributed by atoms with van der Waals surface area (Å²) in [6.07, 6.45) is -6.25. The Hall–Kier alpha value is -3.62. The number of aromatic nitrogens is 1. The topological polar surface area (TPSA) is 115 Å². The van der Waals surface area contributed by atoms with Gasteiger partial charge < -0.3 is 20.5 Å². The van der Waals surface area contributed by atoms with Crippen molar-refractivity contribution in [1.82, 2.24) is 0 Å². The molecule has 0 spiro atoms. The first-order valence-corrected chi connectivity index (χ1v) is 10.1. The van der Waals surface area contributed by atoms with Crippen LogP contribution in [0, 0.1) is 17.6 Å². The monoisotopic (exact) mass is 526 g/mol. The van der Waals surface area contributed by atoms with Crippen LogP contribution in [0.2, 0.25) is 0 Å². The zero-order chi connectivity index (χ0) is 27.2. The second kappa shape index (κ2) is 9.44. The maximum atomic E-state index is 14.4. The van der Waals surface area contributed by atoms with Crippen LogP contribution in [0.25, 0.3) is 0 Å². The van der Waals surface area contributed by atoms with Gasteiger partial charge in [0, 0.05) is 34.3 Å². The minimum absolute atomic E-state index is 0.205. The van der Waals surface area contributed by atoms with Crippen LogP contribution in [0.15, 0.2) is 30.5 Å². The zero-order valence-electron chi connectivity index (χ0n) is 18.4. The van der Waals surface area contributed by atoms with Gasteiger partial charge in [0.2, 0.25) is 12.0 Å². The summed E-state index contributed by atoms with van der Waals surface area (Å²) in [4.78, 5) is 24.5. The van der Waals surface area contributed by atoms with E-state index < -0.39 is 76.8 Å². The van der Waals surface area contributed by atoms with Crippen LogP contribution < -0.4 is 20.5 Å². The molecule has 0 aliphatic carbocycles. The van der Waals surface area contributed by atoms with Crippen molar-refractivity contribution in [3.05, 3.63) is 53.4 Å². The Labute approximate surface area is 198 Å². The number of hydrogen-bond donors (Lipinski definition) is 3. The van der Waals surface area contributed by atoms with E-state index in [1.54, 1.807) is 0 Å². The van der Waals surface area contributed by atoms with Gasteiger partial charge in [0.1, 0.15) is 6.10 Å². The van der Waals surface area contributed by atoms with Gasteiger partial charge in [-0.1, -0.05) is 13.0 Å². The van der Waals surface area contributed by atoms with Crippen LogP contribution in [0.4, 0.5) is 36.4 Å². The summed E-state index contributed by atoms with van der Waals surface area (Å²) in [6, 6.07) is 3.18.